The number of nitrogens with one attached hydrogen (secondary N) is 2. The summed E-state index contributed by atoms with van der Waals surface area (Å²) < 4.78 is 51.7. The van der Waals surface area contributed by atoms with E-state index >= 15 is 0 Å². The lowest BCUT2D eigenvalue weighted by atomic mass is 9.93. The number of benzene rings is 2. The summed E-state index contributed by atoms with van der Waals surface area (Å²) in [5, 5.41) is 2.34. The molecular weight excluding hydrogens is 385 g/mol. The fourth-order valence-corrected chi connectivity index (χ4v) is 3.88. The van der Waals surface area contributed by atoms with Crippen LogP contribution in [-0.4, -0.2) is 32.2 Å². The summed E-state index contributed by atoms with van der Waals surface area (Å²) in [6.07, 6.45) is 1.59. The third-order valence-corrected chi connectivity index (χ3v) is 5.50. The van der Waals surface area contributed by atoms with Gasteiger partial charge in [-0.05, 0) is 36.8 Å². The highest BCUT2D eigenvalue weighted by Gasteiger charge is 2.31. The van der Waals surface area contributed by atoms with Gasteiger partial charge in [0.05, 0.1) is 25.4 Å². The number of carbonyl (C=O) groups excluding carboxylic acids is 1. The van der Waals surface area contributed by atoms with E-state index in [9.17, 15) is 18.0 Å². The van der Waals surface area contributed by atoms with Crippen molar-refractivity contribution in [3.63, 3.8) is 0 Å². The van der Waals surface area contributed by atoms with Crippen molar-refractivity contribution in [1.82, 2.24) is 0 Å². The van der Waals surface area contributed by atoms with Crippen LogP contribution in [0.4, 0.5) is 18.9 Å². The van der Waals surface area contributed by atoms with Crippen LogP contribution in [0.15, 0.2) is 24.3 Å². The van der Waals surface area contributed by atoms with Gasteiger partial charge in [-0.3, -0.25) is 4.79 Å². The van der Waals surface area contributed by atoms with Gasteiger partial charge < -0.3 is 19.7 Å². The number of amides is 1. The van der Waals surface area contributed by atoms with Crippen molar-refractivity contribution >= 4 is 11.6 Å². The minimum Gasteiger partial charge on any atom is -0.490 e. The number of hydrogen-bond acceptors (Lipinski definition) is 3. The Hall–Kier alpha value is -2.74. The Bertz CT molecular complexity index is 951. The minimum atomic E-state index is -1.60. The van der Waals surface area contributed by atoms with Gasteiger partial charge in [-0.15, -0.1) is 0 Å². The van der Waals surface area contributed by atoms with Crippen LogP contribution in [0.1, 0.15) is 30.5 Å². The molecule has 4 rings (SSSR count). The van der Waals surface area contributed by atoms with E-state index in [2.05, 4.69) is 5.32 Å². The molecule has 0 saturated heterocycles. The summed E-state index contributed by atoms with van der Waals surface area (Å²) >= 11 is 0. The number of ether oxygens (including phenoxy) is 2. The predicted molar refractivity (Wildman–Crippen MR) is 99.8 cm³/mol. The molecule has 0 radical (unpaired) electrons. The normalized spacial score (nSPS) is 20.6. The summed E-state index contributed by atoms with van der Waals surface area (Å²) in [7, 11) is 0. The van der Waals surface area contributed by atoms with Crippen molar-refractivity contribution in [1.29, 1.82) is 0 Å². The summed E-state index contributed by atoms with van der Waals surface area (Å²) in [6.45, 7) is 4.02. The van der Waals surface area contributed by atoms with Gasteiger partial charge in [0.2, 0.25) is 0 Å². The zero-order valence-corrected chi connectivity index (χ0v) is 16.0. The number of hydrogen-bond donors (Lipinski definition) is 2. The zero-order chi connectivity index (χ0) is 20.5. The first-order chi connectivity index (χ1) is 13.9. The van der Waals surface area contributed by atoms with E-state index < -0.39 is 23.4 Å². The van der Waals surface area contributed by atoms with Crippen LogP contribution >= 0.6 is 0 Å². The number of rotatable bonds is 3. The molecule has 0 aliphatic carbocycles. The third-order valence-electron chi connectivity index (χ3n) is 5.50. The molecule has 0 fully saturated rings. The van der Waals surface area contributed by atoms with E-state index in [1.54, 1.807) is 0 Å². The van der Waals surface area contributed by atoms with Crippen molar-refractivity contribution in [3.8, 4) is 11.5 Å². The largest absolute Gasteiger partial charge is 0.490 e. The molecule has 2 atom stereocenters. The van der Waals surface area contributed by atoms with Gasteiger partial charge in [0, 0.05) is 18.4 Å². The van der Waals surface area contributed by atoms with E-state index in [1.165, 1.54) is 0 Å². The van der Waals surface area contributed by atoms with Crippen molar-refractivity contribution in [2.45, 2.75) is 25.8 Å². The highest BCUT2D eigenvalue weighted by atomic mass is 19.2. The average Bonchev–Trinajstić information content (AvgIpc) is 2.94. The molecule has 8 heteroatoms. The molecule has 29 heavy (non-hydrogen) atoms. The summed E-state index contributed by atoms with van der Waals surface area (Å²) in [5.41, 5.74) is 1.88. The topological polar surface area (TPSA) is 52.0 Å². The lowest BCUT2D eigenvalue weighted by Crippen LogP contribution is -3.14. The van der Waals surface area contributed by atoms with E-state index in [4.69, 9.17) is 9.47 Å². The molecule has 1 unspecified atom stereocenters. The second-order valence-electron chi connectivity index (χ2n) is 7.38. The van der Waals surface area contributed by atoms with Gasteiger partial charge in [-0.25, -0.2) is 13.2 Å². The molecule has 0 aromatic heterocycles. The van der Waals surface area contributed by atoms with E-state index in [0.29, 0.717) is 25.5 Å². The first-order valence-corrected chi connectivity index (χ1v) is 9.64. The van der Waals surface area contributed by atoms with Crippen LogP contribution in [0.25, 0.3) is 0 Å². The van der Waals surface area contributed by atoms with Gasteiger partial charge in [0.15, 0.2) is 35.5 Å². The monoisotopic (exact) mass is 407 g/mol. The predicted octanol–water partition coefficient (Wildman–Crippen LogP) is 2.41. The van der Waals surface area contributed by atoms with Crippen LogP contribution in [0, 0.1) is 17.5 Å². The molecule has 1 amide bonds. The SMILES string of the molecule is C[C@@H]1c2cc3c(cc2CC[NH+]1CC(=O)Nc1ccc(F)c(F)c1F)OCCCO3. The van der Waals surface area contributed by atoms with Crippen LogP contribution in [0.3, 0.4) is 0 Å². The Kier molecular flexibility index (Phi) is 5.36. The molecule has 2 heterocycles. The molecule has 0 saturated carbocycles. The van der Waals surface area contributed by atoms with Gasteiger partial charge in [-0.1, -0.05) is 0 Å². The number of quaternary nitrogens is 1. The fraction of sp³-hybridized carbons (Fsp3) is 0.381. The second-order valence-corrected chi connectivity index (χ2v) is 7.38. The van der Waals surface area contributed by atoms with Gasteiger partial charge in [0.25, 0.3) is 5.91 Å². The Morgan fingerprint density at radius 2 is 1.86 bits per heavy atom. The molecule has 2 aliphatic heterocycles. The molecule has 2 N–H and O–H groups in total. The quantitative estimate of drug-likeness (QED) is 0.769. The average molecular weight is 407 g/mol. The van der Waals surface area contributed by atoms with Crippen LogP contribution in [0.2, 0.25) is 0 Å². The maximum atomic E-state index is 13.8. The second kappa shape index (κ2) is 7.94. The lowest BCUT2D eigenvalue weighted by Gasteiger charge is -2.32. The van der Waals surface area contributed by atoms with E-state index in [1.807, 2.05) is 19.1 Å². The summed E-state index contributed by atoms with van der Waals surface area (Å²) in [6, 6.07) is 5.81. The van der Waals surface area contributed by atoms with Gasteiger partial charge in [-0.2, -0.15) is 0 Å². The summed E-state index contributed by atoms with van der Waals surface area (Å²) in [5.74, 6) is -3.29. The Morgan fingerprint density at radius 1 is 1.14 bits per heavy atom. The molecule has 2 aromatic rings. The fourth-order valence-electron chi connectivity index (χ4n) is 3.88. The minimum absolute atomic E-state index is 0.0106. The standard InChI is InChI=1S/C21H21F3N2O3/c1-12-14-10-18-17(28-7-2-8-29-18)9-13(14)5-6-26(12)11-19(27)25-16-4-3-15(22)20(23)21(16)24/h3-4,9-10,12H,2,5-8,11H2,1H3,(H,25,27)/p+1/t12-/m1/s1. The molecule has 154 valence electrons. The first-order valence-electron chi connectivity index (χ1n) is 9.64. The zero-order valence-electron chi connectivity index (χ0n) is 16.0. The number of halogens is 3. The highest BCUT2D eigenvalue weighted by molar-refractivity contribution is 5.91. The molecule has 0 spiro atoms. The van der Waals surface area contributed by atoms with Crippen LogP contribution < -0.4 is 19.7 Å². The van der Waals surface area contributed by atoms with Crippen molar-refractivity contribution in [3.05, 3.63) is 52.8 Å². The third kappa shape index (κ3) is 3.89. The maximum Gasteiger partial charge on any atom is 0.279 e. The smallest absolute Gasteiger partial charge is 0.279 e. The van der Waals surface area contributed by atoms with Crippen molar-refractivity contribution in [2.24, 2.45) is 0 Å². The molecule has 5 nitrogen and oxygen atoms in total. The van der Waals surface area contributed by atoms with Gasteiger partial charge in [0.1, 0.15) is 6.04 Å². The van der Waals surface area contributed by atoms with Crippen molar-refractivity contribution in [2.75, 3.05) is 31.6 Å². The maximum absolute atomic E-state index is 13.8. The Balaban J connectivity index is 1.48. The van der Waals surface area contributed by atoms with E-state index in [0.717, 1.165) is 46.8 Å². The molecule has 2 aromatic carbocycles. The van der Waals surface area contributed by atoms with E-state index in [-0.39, 0.29) is 18.3 Å². The van der Waals surface area contributed by atoms with Crippen LogP contribution in [0.5, 0.6) is 11.5 Å². The Morgan fingerprint density at radius 3 is 2.62 bits per heavy atom. The van der Waals surface area contributed by atoms with Crippen LogP contribution in [-0.2, 0) is 11.2 Å². The van der Waals surface area contributed by atoms with Crippen molar-refractivity contribution < 1.29 is 32.3 Å². The lowest BCUT2D eigenvalue weighted by molar-refractivity contribution is -0.924. The Labute approximate surface area is 166 Å². The highest BCUT2D eigenvalue weighted by Crippen LogP contribution is 2.35. The number of anilines is 1. The number of carbonyl (C=O) groups is 1. The molecule has 2 aliphatic rings. The number of fused-ring (bicyclic) bond motifs is 2. The van der Waals surface area contributed by atoms with Gasteiger partial charge >= 0.3 is 0 Å². The molecular formula is C21H22F3N2O3+. The first kappa shape index (κ1) is 19.6. The summed E-state index contributed by atoms with van der Waals surface area (Å²) in [4.78, 5) is 13.4. The molecule has 0 bridgehead atoms.